The van der Waals surface area contributed by atoms with Gasteiger partial charge in [0.25, 0.3) is 0 Å². The van der Waals surface area contributed by atoms with Gasteiger partial charge in [-0.25, -0.2) is 4.39 Å². The second kappa shape index (κ2) is 4.69. The summed E-state index contributed by atoms with van der Waals surface area (Å²) in [6, 6.07) is 14.5. The Morgan fingerprint density at radius 3 is 2.63 bits per heavy atom. The maximum atomic E-state index is 13.3. The monoisotopic (exact) mass is 253 g/mol. The molecule has 19 heavy (non-hydrogen) atoms. The van der Waals surface area contributed by atoms with E-state index in [9.17, 15) is 9.18 Å². The Labute approximate surface area is 110 Å². The molecule has 2 aromatic carbocycles. The highest BCUT2D eigenvalue weighted by molar-refractivity contribution is 5.97. The molecule has 0 bridgehead atoms. The van der Waals surface area contributed by atoms with Gasteiger partial charge in [-0.3, -0.25) is 4.79 Å². The number of aldehydes is 1. The number of nitrogens with zero attached hydrogens (tertiary/aromatic N) is 1. The Kier molecular flexibility index (Phi) is 2.88. The number of halogens is 1. The lowest BCUT2D eigenvalue weighted by Gasteiger charge is -2.05. The summed E-state index contributed by atoms with van der Waals surface area (Å²) >= 11 is 0. The average Bonchev–Trinajstić information content (AvgIpc) is 2.77. The van der Waals surface area contributed by atoms with Crippen molar-refractivity contribution in [2.24, 2.45) is 0 Å². The first-order valence-corrected chi connectivity index (χ1v) is 6.05. The highest BCUT2D eigenvalue weighted by Crippen LogP contribution is 2.22. The summed E-state index contributed by atoms with van der Waals surface area (Å²) in [7, 11) is 0. The number of hydrogen-bond acceptors (Lipinski definition) is 1. The van der Waals surface area contributed by atoms with E-state index < -0.39 is 0 Å². The number of fused-ring (bicyclic) bond motifs is 1. The van der Waals surface area contributed by atoms with E-state index in [1.165, 1.54) is 12.1 Å². The number of aromatic nitrogens is 1. The molecule has 94 valence electrons. The van der Waals surface area contributed by atoms with Crippen LogP contribution in [0.5, 0.6) is 0 Å². The molecule has 0 atom stereocenters. The first kappa shape index (κ1) is 11.7. The molecular formula is C16H12FNO. The zero-order chi connectivity index (χ0) is 13.2. The summed E-state index contributed by atoms with van der Waals surface area (Å²) in [4.78, 5) is 11.1. The van der Waals surface area contributed by atoms with Gasteiger partial charge in [-0.05, 0) is 23.8 Å². The lowest BCUT2D eigenvalue weighted by atomic mass is 10.2. The largest absolute Gasteiger partial charge is 0.342 e. The fourth-order valence-corrected chi connectivity index (χ4v) is 2.30. The minimum absolute atomic E-state index is 0.326. The summed E-state index contributed by atoms with van der Waals surface area (Å²) in [5.41, 5.74) is 2.53. The number of carbonyl (C=O) groups is 1. The molecule has 2 nitrogen and oxygen atoms in total. The molecule has 1 heterocycles. The predicted octanol–water partition coefficient (Wildman–Crippen LogP) is 3.64. The van der Waals surface area contributed by atoms with Gasteiger partial charge in [-0.2, -0.15) is 0 Å². The number of rotatable bonds is 3. The molecule has 0 aliphatic heterocycles. The van der Waals surface area contributed by atoms with Crippen LogP contribution < -0.4 is 0 Å². The van der Waals surface area contributed by atoms with Crippen molar-refractivity contribution in [3.8, 4) is 0 Å². The maximum Gasteiger partial charge on any atom is 0.152 e. The summed E-state index contributed by atoms with van der Waals surface area (Å²) < 4.78 is 15.2. The van der Waals surface area contributed by atoms with Crippen LogP contribution in [0.4, 0.5) is 4.39 Å². The molecule has 0 saturated heterocycles. The minimum atomic E-state index is -0.326. The van der Waals surface area contributed by atoms with Crippen LogP contribution in [0.15, 0.2) is 54.7 Å². The van der Waals surface area contributed by atoms with Crippen LogP contribution in [0.25, 0.3) is 10.9 Å². The van der Waals surface area contributed by atoms with Crippen molar-refractivity contribution in [1.29, 1.82) is 0 Å². The third-order valence-corrected chi connectivity index (χ3v) is 3.20. The summed E-state index contributed by atoms with van der Waals surface area (Å²) in [6.45, 7) is 0.664. The first-order chi connectivity index (χ1) is 9.28. The Hall–Kier alpha value is -2.42. The number of carbonyl (C=O) groups excluding carboxylic acids is 1. The van der Waals surface area contributed by atoms with E-state index in [-0.39, 0.29) is 5.82 Å². The lowest BCUT2D eigenvalue weighted by molar-refractivity contribution is 0.112. The zero-order valence-corrected chi connectivity index (χ0v) is 10.2. The molecule has 0 amide bonds. The Morgan fingerprint density at radius 1 is 1.11 bits per heavy atom. The van der Waals surface area contributed by atoms with Gasteiger partial charge >= 0.3 is 0 Å². The van der Waals surface area contributed by atoms with Crippen molar-refractivity contribution < 1.29 is 9.18 Å². The second-order valence-electron chi connectivity index (χ2n) is 4.48. The molecule has 0 aliphatic carbocycles. The highest BCUT2D eigenvalue weighted by Gasteiger charge is 2.09. The average molecular weight is 253 g/mol. The van der Waals surface area contributed by atoms with E-state index in [1.807, 2.05) is 34.9 Å². The molecule has 0 spiro atoms. The predicted molar refractivity (Wildman–Crippen MR) is 72.8 cm³/mol. The highest BCUT2D eigenvalue weighted by atomic mass is 19.1. The maximum absolute atomic E-state index is 13.3. The molecular weight excluding hydrogens is 241 g/mol. The van der Waals surface area contributed by atoms with Crippen LogP contribution in [0.2, 0.25) is 0 Å². The SMILES string of the molecule is O=Cc1cn(Cc2ccccc2)c2ccc(F)cc12. The Morgan fingerprint density at radius 2 is 1.89 bits per heavy atom. The molecule has 0 unspecified atom stereocenters. The van der Waals surface area contributed by atoms with Crippen molar-refractivity contribution in [2.75, 3.05) is 0 Å². The third kappa shape index (κ3) is 2.15. The normalized spacial score (nSPS) is 10.8. The van der Waals surface area contributed by atoms with Crippen molar-refractivity contribution in [3.05, 3.63) is 71.7 Å². The van der Waals surface area contributed by atoms with E-state index >= 15 is 0 Å². The third-order valence-electron chi connectivity index (χ3n) is 3.20. The van der Waals surface area contributed by atoms with Crippen molar-refractivity contribution in [1.82, 2.24) is 4.57 Å². The lowest BCUT2D eigenvalue weighted by Crippen LogP contribution is -1.97. The summed E-state index contributed by atoms with van der Waals surface area (Å²) in [5, 5.41) is 0.658. The molecule has 0 N–H and O–H groups in total. The standard InChI is InChI=1S/C16H12FNO/c17-14-6-7-16-15(8-14)13(11-19)10-18(16)9-12-4-2-1-3-5-12/h1-8,10-11H,9H2. The molecule has 3 rings (SSSR count). The van der Waals surface area contributed by atoms with E-state index in [4.69, 9.17) is 0 Å². The van der Waals surface area contributed by atoms with Crippen LogP contribution in [0.1, 0.15) is 15.9 Å². The van der Waals surface area contributed by atoms with Gasteiger partial charge in [0.05, 0.1) is 0 Å². The topological polar surface area (TPSA) is 22.0 Å². The minimum Gasteiger partial charge on any atom is -0.342 e. The molecule has 3 aromatic rings. The van der Waals surface area contributed by atoms with Crippen LogP contribution in [0.3, 0.4) is 0 Å². The smallest absolute Gasteiger partial charge is 0.152 e. The summed E-state index contributed by atoms with van der Waals surface area (Å²) in [6.07, 6.45) is 2.54. The van der Waals surface area contributed by atoms with Gasteiger partial charge < -0.3 is 4.57 Å². The van der Waals surface area contributed by atoms with Crippen molar-refractivity contribution in [3.63, 3.8) is 0 Å². The second-order valence-corrected chi connectivity index (χ2v) is 4.48. The Bertz CT molecular complexity index is 731. The molecule has 0 radical (unpaired) electrons. The summed E-state index contributed by atoms with van der Waals surface area (Å²) in [5.74, 6) is -0.326. The van der Waals surface area contributed by atoms with Crippen molar-refractivity contribution >= 4 is 17.2 Å². The molecule has 0 saturated carbocycles. The van der Waals surface area contributed by atoms with E-state index in [0.29, 0.717) is 17.5 Å². The number of hydrogen-bond donors (Lipinski definition) is 0. The van der Waals surface area contributed by atoms with Crippen LogP contribution >= 0.6 is 0 Å². The van der Waals surface area contributed by atoms with Gasteiger partial charge in [-0.1, -0.05) is 30.3 Å². The van der Waals surface area contributed by atoms with Crippen LogP contribution in [-0.4, -0.2) is 10.9 Å². The molecule has 1 aromatic heterocycles. The van der Waals surface area contributed by atoms with Gasteiger partial charge in [0, 0.05) is 29.2 Å². The van der Waals surface area contributed by atoms with Gasteiger partial charge in [-0.15, -0.1) is 0 Å². The van der Waals surface area contributed by atoms with Gasteiger partial charge in [0.2, 0.25) is 0 Å². The first-order valence-electron chi connectivity index (χ1n) is 6.05. The number of benzene rings is 2. The fourth-order valence-electron chi connectivity index (χ4n) is 2.30. The molecule has 3 heteroatoms. The fraction of sp³-hybridized carbons (Fsp3) is 0.0625. The van der Waals surface area contributed by atoms with Crippen molar-refractivity contribution in [2.45, 2.75) is 6.54 Å². The zero-order valence-electron chi connectivity index (χ0n) is 10.2. The van der Waals surface area contributed by atoms with Gasteiger partial charge in [0.15, 0.2) is 6.29 Å². The van der Waals surface area contributed by atoms with E-state index in [2.05, 4.69) is 0 Å². The van der Waals surface area contributed by atoms with Crippen LogP contribution in [0, 0.1) is 5.82 Å². The molecule has 0 fully saturated rings. The quantitative estimate of drug-likeness (QED) is 0.653. The molecule has 0 aliphatic rings. The van der Waals surface area contributed by atoms with Gasteiger partial charge in [0.1, 0.15) is 5.82 Å². The van der Waals surface area contributed by atoms with Crippen LogP contribution in [-0.2, 0) is 6.54 Å². The van der Waals surface area contributed by atoms with E-state index in [0.717, 1.165) is 17.4 Å². The Balaban J connectivity index is 2.11. The van der Waals surface area contributed by atoms with E-state index in [1.54, 1.807) is 12.3 Å².